The van der Waals surface area contributed by atoms with E-state index in [4.69, 9.17) is 9.47 Å². The maximum Gasteiger partial charge on any atom is 0.295 e. The van der Waals surface area contributed by atoms with Gasteiger partial charge in [0.15, 0.2) is 11.5 Å². The number of aliphatic hydroxyl groups excluding tert-OH is 1. The van der Waals surface area contributed by atoms with Gasteiger partial charge in [-0.3, -0.25) is 9.59 Å². The van der Waals surface area contributed by atoms with E-state index in [2.05, 4.69) is 18.7 Å². The Balaban J connectivity index is 1.75. The molecule has 1 atom stereocenters. The van der Waals surface area contributed by atoms with Crippen LogP contribution in [0.4, 0.5) is 0 Å². The number of carbonyl (C=O) groups excluding carboxylic acids is 2. The Labute approximate surface area is 243 Å². The van der Waals surface area contributed by atoms with Gasteiger partial charge in [0.05, 0.1) is 18.7 Å². The van der Waals surface area contributed by atoms with Crippen LogP contribution in [-0.2, 0) is 16.2 Å². The van der Waals surface area contributed by atoms with Gasteiger partial charge in [0.1, 0.15) is 12.4 Å². The molecule has 4 rings (SSSR count). The van der Waals surface area contributed by atoms with Gasteiger partial charge in [-0.15, -0.1) is 0 Å². The first kappa shape index (κ1) is 29.9. The lowest BCUT2D eigenvalue weighted by molar-refractivity contribution is -0.140. The third-order valence-electron chi connectivity index (χ3n) is 7.70. The maximum atomic E-state index is 13.5. The molecule has 1 unspecified atom stereocenters. The lowest BCUT2D eigenvalue weighted by atomic mass is 9.93. The quantitative estimate of drug-likeness (QED) is 0.166. The van der Waals surface area contributed by atoms with E-state index >= 15 is 0 Å². The topological polar surface area (TPSA) is 79.3 Å². The molecule has 0 spiro atoms. The number of likely N-dealkylation sites (tertiary alicyclic amines) is 1. The van der Waals surface area contributed by atoms with Crippen LogP contribution in [0.3, 0.4) is 0 Å². The van der Waals surface area contributed by atoms with Crippen LogP contribution in [0, 0.1) is 13.8 Å². The minimum Gasteiger partial charge on any atom is -0.507 e. The number of ether oxygens (including phenoxy) is 2. The standard InChI is InChI=1S/C34H40N2O5/c1-6-35(7-2)18-11-19-36-31(30(33(38)34(36)39)32(37)27-20-23(3)14-15-24(27)4)26-16-17-28(29(21-26)40-5)41-22-25-12-9-8-10-13-25/h8-10,12-17,20-21,31,37H,6-7,11,18-19,22H2,1-5H3/b32-30+. The van der Waals surface area contributed by atoms with Crippen molar-refractivity contribution in [1.82, 2.24) is 9.80 Å². The Morgan fingerprint density at radius 3 is 2.37 bits per heavy atom. The number of methoxy groups -OCH3 is 1. The molecule has 216 valence electrons. The second-order valence-electron chi connectivity index (χ2n) is 10.4. The van der Waals surface area contributed by atoms with Crippen LogP contribution in [0.15, 0.2) is 72.3 Å². The number of Topliss-reactive ketones (excluding diaryl/α,β-unsaturated/α-hetero) is 1. The fourth-order valence-corrected chi connectivity index (χ4v) is 5.31. The number of hydrogen-bond donors (Lipinski definition) is 1. The third kappa shape index (κ3) is 6.63. The Morgan fingerprint density at radius 2 is 1.68 bits per heavy atom. The van der Waals surface area contributed by atoms with Crippen molar-refractivity contribution in [3.63, 3.8) is 0 Å². The van der Waals surface area contributed by atoms with Crippen molar-refractivity contribution in [2.24, 2.45) is 0 Å². The lowest BCUT2D eigenvalue weighted by Gasteiger charge is -2.27. The molecule has 1 fully saturated rings. The van der Waals surface area contributed by atoms with Crippen LogP contribution in [-0.4, -0.2) is 59.9 Å². The summed E-state index contributed by atoms with van der Waals surface area (Å²) in [7, 11) is 1.56. The molecule has 41 heavy (non-hydrogen) atoms. The van der Waals surface area contributed by atoms with Gasteiger partial charge in [-0.05, 0) is 74.8 Å². The molecule has 1 heterocycles. The number of benzene rings is 3. The molecule has 3 aromatic carbocycles. The van der Waals surface area contributed by atoms with Crippen LogP contribution in [0.1, 0.15) is 54.1 Å². The van der Waals surface area contributed by atoms with Crippen molar-refractivity contribution in [2.45, 2.75) is 46.8 Å². The van der Waals surface area contributed by atoms with Crippen molar-refractivity contribution in [3.8, 4) is 11.5 Å². The van der Waals surface area contributed by atoms with Gasteiger partial charge >= 0.3 is 0 Å². The van der Waals surface area contributed by atoms with Crippen molar-refractivity contribution in [1.29, 1.82) is 0 Å². The molecule has 1 amide bonds. The molecule has 1 N–H and O–H groups in total. The number of amides is 1. The molecule has 1 aliphatic rings. The average molecular weight is 557 g/mol. The number of carbonyl (C=O) groups is 2. The van der Waals surface area contributed by atoms with Crippen molar-refractivity contribution in [2.75, 3.05) is 33.3 Å². The van der Waals surface area contributed by atoms with Crippen LogP contribution in [0.2, 0.25) is 0 Å². The summed E-state index contributed by atoms with van der Waals surface area (Å²) in [5.74, 6) is -0.416. The van der Waals surface area contributed by atoms with E-state index in [9.17, 15) is 14.7 Å². The van der Waals surface area contributed by atoms with E-state index < -0.39 is 17.7 Å². The first-order valence-electron chi connectivity index (χ1n) is 14.2. The smallest absolute Gasteiger partial charge is 0.295 e. The normalized spacial score (nSPS) is 16.4. The molecule has 7 nitrogen and oxygen atoms in total. The van der Waals surface area contributed by atoms with E-state index in [1.54, 1.807) is 24.1 Å². The van der Waals surface area contributed by atoms with Crippen molar-refractivity contribution in [3.05, 3.63) is 100 Å². The third-order valence-corrected chi connectivity index (χ3v) is 7.70. The molecule has 0 saturated carbocycles. The molecule has 0 radical (unpaired) electrons. The first-order chi connectivity index (χ1) is 19.8. The van der Waals surface area contributed by atoms with Gasteiger partial charge in [-0.1, -0.05) is 67.9 Å². The highest BCUT2D eigenvalue weighted by Gasteiger charge is 2.46. The molecular formula is C34H40N2O5. The average Bonchev–Trinajstić information content (AvgIpc) is 3.24. The zero-order valence-electron chi connectivity index (χ0n) is 24.6. The zero-order chi connectivity index (χ0) is 29.5. The van der Waals surface area contributed by atoms with E-state index in [-0.39, 0.29) is 11.3 Å². The van der Waals surface area contributed by atoms with E-state index in [0.29, 0.717) is 42.2 Å². The van der Waals surface area contributed by atoms with Gasteiger partial charge in [-0.2, -0.15) is 0 Å². The van der Waals surface area contributed by atoms with E-state index in [1.165, 1.54) is 0 Å². The highest BCUT2D eigenvalue weighted by atomic mass is 16.5. The summed E-state index contributed by atoms with van der Waals surface area (Å²) in [6.45, 7) is 11.4. The number of aryl methyl sites for hydroxylation is 2. The maximum absolute atomic E-state index is 13.5. The molecular weight excluding hydrogens is 516 g/mol. The largest absolute Gasteiger partial charge is 0.507 e. The predicted molar refractivity (Wildman–Crippen MR) is 161 cm³/mol. The molecule has 7 heteroatoms. The highest BCUT2D eigenvalue weighted by Crippen LogP contribution is 2.42. The van der Waals surface area contributed by atoms with Gasteiger partial charge < -0.3 is 24.4 Å². The fourth-order valence-electron chi connectivity index (χ4n) is 5.31. The molecule has 0 aliphatic carbocycles. The summed E-state index contributed by atoms with van der Waals surface area (Å²) in [5.41, 5.74) is 4.10. The van der Waals surface area contributed by atoms with Gasteiger partial charge in [0, 0.05) is 12.1 Å². The minimum absolute atomic E-state index is 0.0894. The van der Waals surface area contributed by atoms with E-state index in [0.717, 1.165) is 36.3 Å². The van der Waals surface area contributed by atoms with Gasteiger partial charge in [-0.25, -0.2) is 0 Å². The number of hydrogen-bond acceptors (Lipinski definition) is 6. The van der Waals surface area contributed by atoms with E-state index in [1.807, 2.05) is 68.4 Å². The Kier molecular flexibility index (Phi) is 9.84. The molecule has 1 aliphatic heterocycles. The molecule has 0 aromatic heterocycles. The summed E-state index contributed by atoms with van der Waals surface area (Å²) in [6.07, 6.45) is 0.699. The Hall–Kier alpha value is -4.10. The number of aliphatic hydroxyl groups is 1. The molecule has 1 saturated heterocycles. The Morgan fingerprint density at radius 1 is 0.951 bits per heavy atom. The zero-order valence-corrected chi connectivity index (χ0v) is 24.6. The summed E-state index contributed by atoms with van der Waals surface area (Å²) in [4.78, 5) is 30.8. The number of ketones is 1. The second kappa shape index (κ2) is 13.5. The summed E-state index contributed by atoms with van der Waals surface area (Å²) < 4.78 is 11.7. The lowest BCUT2D eigenvalue weighted by Crippen LogP contribution is -2.33. The monoisotopic (exact) mass is 556 g/mol. The minimum atomic E-state index is -0.760. The molecule has 0 bridgehead atoms. The number of rotatable bonds is 12. The summed E-state index contributed by atoms with van der Waals surface area (Å²) >= 11 is 0. The van der Waals surface area contributed by atoms with Gasteiger partial charge in [0.2, 0.25) is 0 Å². The van der Waals surface area contributed by atoms with Crippen LogP contribution in [0.5, 0.6) is 11.5 Å². The number of nitrogens with zero attached hydrogens (tertiary/aromatic N) is 2. The van der Waals surface area contributed by atoms with Crippen molar-refractivity contribution < 1.29 is 24.2 Å². The van der Waals surface area contributed by atoms with Crippen LogP contribution < -0.4 is 9.47 Å². The SMILES string of the molecule is CCN(CC)CCCN1C(=O)C(=O)/C(=C(/O)c2cc(C)ccc2C)C1c1ccc(OCc2ccccc2)c(OC)c1. The highest BCUT2D eigenvalue weighted by molar-refractivity contribution is 6.46. The Bertz CT molecular complexity index is 1410. The van der Waals surface area contributed by atoms with Gasteiger partial charge in [0.25, 0.3) is 11.7 Å². The second-order valence-corrected chi connectivity index (χ2v) is 10.4. The first-order valence-corrected chi connectivity index (χ1v) is 14.2. The van der Waals surface area contributed by atoms with Crippen LogP contribution >= 0.6 is 0 Å². The fraction of sp³-hybridized carbons (Fsp3) is 0.353. The summed E-state index contributed by atoms with van der Waals surface area (Å²) in [6, 6.07) is 20.2. The summed E-state index contributed by atoms with van der Waals surface area (Å²) in [5, 5.41) is 11.6. The molecule has 3 aromatic rings. The van der Waals surface area contributed by atoms with Crippen molar-refractivity contribution >= 4 is 17.4 Å². The predicted octanol–water partition coefficient (Wildman–Crippen LogP) is 6.04. The van der Waals surface area contributed by atoms with Crippen LogP contribution in [0.25, 0.3) is 5.76 Å².